The minimum absolute atomic E-state index is 0.191. The van der Waals surface area contributed by atoms with E-state index in [1.807, 2.05) is 86.7 Å². The lowest BCUT2D eigenvalue weighted by Gasteiger charge is -2.26. The Morgan fingerprint density at radius 2 is 1.69 bits per heavy atom. The van der Waals surface area contributed by atoms with E-state index in [1.165, 1.54) is 11.3 Å². The molecule has 2 heterocycles. The van der Waals surface area contributed by atoms with Gasteiger partial charge in [-0.1, -0.05) is 53.8 Å². The Morgan fingerprint density at radius 3 is 2.36 bits per heavy atom. The third-order valence-corrected chi connectivity index (χ3v) is 8.90. The molecule has 4 aromatic rings. The van der Waals surface area contributed by atoms with Gasteiger partial charge in [0.05, 0.1) is 45.2 Å². The molecule has 216 valence electrons. The number of esters is 1. The van der Waals surface area contributed by atoms with E-state index in [2.05, 4.69) is 45.2 Å². The van der Waals surface area contributed by atoms with Crippen LogP contribution in [-0.2, 0) is 9.53 Å². The van der Waals surface area contributed by atoms with Gasteiger partial charge in [-0.25, -0.2) is 9.79 Å². The van der Waals surface area contributed by atoms with Crippen LogP contribution in [0.2, 0.25) is 0 Å². The van der Waals surface area contributed by atoms with E-state index in [0.29, 0.717) is 39.6 Å². The maximum absolute atomic E-state index is 14.2. The molecule has 3 aromatic carbocycles. The lowest BCUT2D eigenvalue weighted by Crippen LogP contribution is -2.40. The van der Waals surface area contributed by atoms with Crippen molar-refractivity contribution in [3.05, 3.63) is 116 Å². The fraction of sp³-hybridized carbons (Fsp3) is 0.219. The van der Waals surface area contributed by atoms with Gasteiger partial charge < -0.3 is 14.2 Å². The van der Waals surface area contributed by atoms with Crippen molar-refractivity contribution in [2.45, 2.75) is 26.8 Å². The maximum Gasteiger partial charge on any atom is 0.338 e. The monoisotopic (exact) mass is 806 g/mol. The number of carbonyl (C=O) groups is 1. The van der Waals surface area contributed by atoms with Crippen LogP contribution in [0.1, 0.15) is 43.5 Å². The second kappa shape index (κ2) is 13.6. The Kier molecular flexibility index (Phi) is 9.84. The molecule has 1 aromatic heterocycles. The van der Waals surface area contributed by atoms with Gasteiger partial charge in [-0.15, -0.1) is 0 Å². The van der Waals surface area contributed by atoms with Crippen LogP contribution in [0.4, 0.5) is 0 Å². The van der Waals surface area contributed by atoms with Gasteiger partial charge in [0.2, 0.25) is 0 Å². The maximum atomic E-state index is 14.2. The fourth-order valence-corrected chi connectivity index (χ4v) is 7.83. The normalized spacial score (nSPS) is 14.8. The molecule has 1 aliphatic rings. The quantitative estimate of drug-likeness (QED) is 0.155. The van der Waals surface area contributed by atoms with Crippen LogP contribution in [0.15, 0.2) is 82.1 Å². The predicted octanol–water partition coefficient (Wildman–Crippen LogP) is 5.94. The lowest BCUT2D eigenvalue weighted by molar-refractivity contribution is -0.138. The number of hydrogen-bond acceptors (Lipinski definition) is 7. The number of nitrogens with zero attached hydrogens (tertiary/aromatic N) is 2. The molecule has 1 atom stereocenters. The lowest BCUT2D eigenvalue weighted by atomic mass is 9.93. The van der Waals surface area contributed by atoms with Gasteiger partial charge in [-0.3, -0.25) is 9.36 Å². The molecular formula is C32H28I2N2O5S. The van der Waals surface area contributed by atoms with Gasteiger partial charge in [0, 0.05) is 14.7 Å². The number of halogens is 2. The second-order valence-corrected chi connectivity index (χ2v) is 12.6. The largest absolute Gasteiger partial charge is 0.494 e. The van der Waals surface area contributed by atoms with Crippen LogP contribution >= 0.6 is 56.5 Å². The van der Waals surface area contributed by atoms with Crippen molar-refractivity contribution in [1.29, 1.82) is 0 Å². The summed E-state index contributed by atoms with van der Waals surface area (Å²) in [5.41, 5.74) is 2.87. The van der Waals surface area contributed by atoms with E-state index >= 15 is 0 Å². The van der Waals surface area contributed by atoms with Crippen LogP contribution in [0.25, 0.3) is 11.8 Å². The SMILES string of the molecule is CCOC(=O)C1=C(c2ccccc2)N=c2s/c(=C\c3cc(I)cc(I)c3OCC)c(=O)n2[C@H]1c1ccc(OCC)cc1. The van der Waals surface area contributed by atoms with E-state index in [1.54, 1.807) is 11.5 Å². The molecule has 7 nitrogen and oxygen atoms in total. The predicted molar refractivity (Wildman–Crippen MR) is 182 cm³/mol. The summed E-state index contributed by atoms with van der Waals surface area (Å²) >= 11 is 5.80. The molecule has 0 radical (unpaired) electrons. The highest BCUT2D eigenvalue weighted by Crippen LogP contribution is 2.36. The number of carbonyl (C=O) groups excluding carboxylic acids is 1. The molecule has 0 saturated carbocycles. The molecule has 0 unspecified atom stereocenters. The number of thiazole rings is 1. The van der Waals surface area contributed by atoms with E-state index in [9.17, 15) is 9.59 Å². The van der Waals surface area contributed by atoms with Crippen molar-refractivity contribution < 1.29 is 19.0 Å². The summed E-state index contributed by atoms with van der Waals surface area (Å²) in [5.74, 6) is 0.916. The molecule has 0 fully saturated rings. The summed E-state index contributed by atoms with van der Waals surface area (Å²) in [7, 11) is 0. The van der Waals surface area contributed by atoms with Gasteiger partial charge >= 0.3 is 5.97 Å². The molecule has 0 aliphatic carbocycles. The van der Waals surface area contributed by atoms with E-state index in [-0.39, 0.29) is 12.2 Å². The minimum atomic E-state index is -0.754. The highest BCUT2D eigenvalue weighted by atomic mass is 127. The summed E-state index contributed by atoms with van der Waals surface area (Å²) in [6.45, 7) is 6.84. The standard InChI is InChI=1S/C32H28I2N2O5S/c1-4-39-23-14-12-20(13-15-23)28-26(31(38)41-6-3)27(19-10-8-7-9-11-19)35-32-36(28)30(37)25(42-32)17-21-16-22(33)18-24(34)29(21)40-5-2/h7-18,28H,4-6H2,1-3H3/b25-17-/t28-/m0/s1. The second-order valence-electron chi connectivity index (χ2n) is 9.17. The molecule has 0 bridgehead atoms. The average Bonchev–Trinajstić information content (AvgIpc) is 3.29. The zero-order valence-corrected chi connectivity index (χ0v) is 28.4. The average molecular weight is 806 g/mol. The van der Waals surface area contributed by atoms with Crippen LogP contribution in [0, 0.1) is 7.14 Å². The van der Waals surface area contributed by atoms with Gasteiger partial charge in [-0.05, 0) is 102 Å². The Labute approximate surface area is 274 Å². The fourth-order valence-electron chi connectivity index (χ4n) is 4.79. The summed E-state index contributed by atoms with van der Waals surface area (Å²) in [4.78, 5) is 33.3. The zero-order chi connectivity index (χ0) is 29.8. The molecule has 1 aliphatic heterocycles. The van der Waals surface area contributed by atoms with Crippen LogP contribution in [-0.4, -0.2) is 30.4 Å². The Hall–Kier alpha value is -2.97. The third-order valence-electron chi connectivity index (χ3n) is 6.49. The molecule has 10 heteroatoms. The first-order chi connectivity index (χ1) is 20.4. The summed E-state index contributed by atoms with van der Waals surface area (Å²) in [6, 6.07) is 20.3. The smallest absolute Gasteiger partial charge is 0.338 e. The molecule has 0 N–H and O–H groups in total. The Balaban J connectivity index is 1.81. The molecule has 5 rings (SSSR count). The van der Waals surface area contributed by atoms with Crippen molar-refractivity contribution in [2.75, 3.05) is 19.8 Å². The number of aromatic nitrogens is 1. The highest BCUT2D eigenvalue weighted by molar-refractivity contribution is 14.1. The first kappa shape index (κ1) is 30.5. The number of hydrogen-bond donors (Lipinski definition) is 0. The highest BCUT2D eigenvalue weighted by Gasteiger charge is 2.35. The van der Waals surface area contributed by atoms with Crippen molar-refractivity contribution in [3.8, 4) is 11.5 Å². The Bertz CT molecular complexity index is 1830. The summed E-state index contributed by atoms with van der Waals surface area (Å²) in [6.07, 6.45) is 1.85. The van der Waals surface area contributed by atoms with Crippen LogP contribution < -0.4 is 24.4 Å². The van der Waals surface area contributed by atoms with Crippen LogP contribution in [0.3, 0.4) is 0 Å². The number of fused-ring (bicyclic) bond motifs is 1. The van der Waals surface area contributed by atoms with Gasteiger partial charge in [0.1, 0.15) is 11.5 Å². The third kappa shape index (κ3) is 6.20. The van der Waals surface area contributed by atoms with Gasteiger partial charge in [-0.2, -0.15) is 0 Å². The van der Waals surface area contributed by atoms with Gasteiger partial charge in [0.25, 0.3) is 5.56 Å². The number of rotatable bonds is 9. The molecule has 0 amide bonds. The molecule has 0 saturated heterocycles. The first-order valence-electron chi connectivity index (χ1n) is 13.5. The van der Waals surface area contributed by atoms with Gasteiger partial charge in [0.15, 0.2) is 4.80 Å². The van der Waals surface area contributed by atoms with Crippen molar-refractivity contribution in [2.24, 2.45) is 4.99 Å². The van der Waals surface area contributed by atoms with E-state index < -0.39 is 12.0 Å². The topological polar surface area (TPSA) is 79.1 Å². The van der Waals surface area contributed by atoms with Crippen LogP contribution in [0.5, 0.6) is 11.5 Å². The molecular weight excluding hydrogens is 778 g/mol. The Morgan fingerprint density at radius 1 is 0.976 bits per heavy atom. The summed E-state index contributed by atoms with van der Waals surface area (Å²) < 4.78 is 21.3. The minimum Gasteiger partial charge on any atom is -0.494 e. The number of benzene rings is 3. The van der Waals surface area contributed by atoms with E-state index in [4.69, 9.17) is 19.2 Å². The molecule has 42 heavy (non-hydrogen) atoms. The molecule has 0 spiro atoms. The number of ether oxygens (including phenoxy) is 3. The van der Waals surface area contributed by atoms with Crippen molar-refractivity contribution >= 4 is 74.3 Å². The van der Waals surface area contributed by atoms with Crippen molar-refractivity contribution in [1.82, 2.24) is 4.57 Å². The van der Waals surface area contributed by atoms with E-state index in [0.717, 1.165) is 29.6 Å². The zero-order valence-electron chi connectivity index (χ0n) is 23.2. The van der Waals surface area contributed by atoms with Crippen molar-refractivity contribution in [3.63, 3.8) is 0 Å². The first-order valence-corrected chi connectivity index (χ1v) is 16.5. The summed E-state index contributed by atoms with van der Waals surface area (Å²) in [5, 5.41) is 0.